The van der Waals surface area contributed by atoms with Gasteiger partial charge in [-0.25, -0.2) is 12.7 Å². The van der Waals surface area contributed by atoms with Crippen molar-refractivity contribution in [2.24, 2.45) is 5.92 Å². The highest BCUT2D eigenvalue weighted by Gasteiger charge is 2.33. The molecule has 1 aliphatic rings. The van der Waals surface area contributed by atoms with Crippen molar-refractivity contribution >= 4 is 44.8 Å². The van der Waals surface area contributed by atoms with E-state index < -0.39 is 10.0 Å². The summed E-state index contributed by atoms with van der Waals surface area (Å²) in [6, 6.07) is 12.4. The number of piperidine rings is 1. The van der Waals surface area contributed by atoms with Gasteiger partial charge in [0, 0.05) is 28.8 Å². The Labute approximate surface area is 182 Å². The summed E-state index contributed by atoms with van der Waals surface area (Å²) in [6.45, 7) is 2.61. The molecule has 29 heavy (non-hydrogen) atoms. The number of amides is 1. The van der Waals surface area contributed by atoms with Gasteiger partial charge in [-0.3, -0.25) is 4.79 Å². The summed E-state index contributed by atoms with van der Waals surface area (Å²) in [6.07, 6.45) is 2.11. The first-order chi connectivity index (χ1) is 13.8. The van der Waals surface area contributed by atoms with Crippen LogP contribution in [-0.2, 0) is 27.0 Å². The lowest BCUT2D eigenvalue weighted by Gasteiger charge is -2.31. The molecule has 0 saturated carbocycles. The summed E-state index contributed by atoms with van der Waals surface area (Å²) in [5.74, 6) is -0.741. The number of sulfonamides is 1. The highest BCUT2D eigenvalue weighted by molar-refractivity contribution is 7.88. The Balaban J connectivity index is 1.69. The van der Waals surface area contributed by atoms with Gasteiger partial charge < -0.3 is 5.32 Å². The van der Waals surface area contributed by atoms with Crippen molar-refractivity contribution in [3.05, 3.63) is 63.6 Å². The highest BCUT2D eigenvalue weighted by Crippen LogP contribution is 2.27. The van der Waals surface area contributed by atoms with Crippen LogP contribution in [0.4, 0.5) is 5.69 Å². The number of hydrogen-bond acceptors (Lipinski definition) is 3. The molecule has 0 bridgehead atoms. The molecule has 156 valence electrons. The standard InChI is InChI=1S/C21H24Cl2N2O3S/c1-2-15-6-3-4-8-20(15)24-21(26)16-7-5-11-25(13-16)29(27,28)14-17-9-10-18(22)12-19(17)23/h3-4,6,8-10,12,16H,2,5,7,11,13-14H2,1H3,(H,24,26)/t16-/m0/s1. The lowest BCUT2D eigenvalue weighted by Crippen LogP contribution is -2.44. The molecule has 0 aliphatic carbocycles. The third kappa shape index (κ3) is 5.51. The largest absolute Gasteiger partial charge is 0.326 e. The smallest absolute Gasteiger partial charge is 0.228 e. The van der Waals surface area contributed by atoms with Crippen molar-refractivity contribution in [1.29, 1.82) is 0 Å². The number of nitrogens with zero attached hydrogens (tertiary/aromatic N) is 1. The minimum absolute atomic E-state index is 0.143. The van der Waals surface area contributed by atoms with Crippen molar-refractivity contribution in [3.63, 3.8) is 0 Å². The fourth-order valence-corrected chi connectivity index (χ4v) is 5.72. The van der Waals surface area contributed by atoms with E-state index in [9.17, 15) is 13.2 Å². The van der Waals surface area contributed by atoms with Crippen molar-refractivity contribution in [2.75, 3.05) is 18.4 Å². The van der Waals surface area contributed by atoms with Crippen LogP contribution in [0.1, 0.15) is 30.9 Å². The molecule has 2 aromatic rings. The Kier molecular flexibility index (Phi) is 7.22. The van der Waals surface area contributed by atoms with E-state index in [1.807, 2.05) is 31.2 Å². The van der Waals surface area contributed by atoms with Gasteiger partial charge in [0.15, 0.2) is 0 Å². The Morgan fingerprint density at radius 1 is 1.17 bits per heavy atom. The predicted molar refractivity (Wildman–Crippen MR) is 118 cm³/mol. The first kappa shape index (κ1) is 22.1. The van der Waals surface area contributed by atoms with E-state index in [1.54, 1.807) is 12.1 Å². The molecule has 0 aromatic heterocycles. The van der Waals surface area contributed by atoms with Gasteiger partial charge in [0.25, 0.3) is 0 Å². The third-order valence-corrected chi connectivity index (χ3v) is 7.54. The maximum Gasteiger partial charge on any atom is 0.228 e. The first-order valence-corrected chi connectivity index (χ1v) is 12.0. The summed E-state index contributed by atoms with van der Waals surface area (Å²) >= 11 is 12.0. The fourth-order valence-electron chi connectivity index (χ4n) is 3.52. The maximum absolute atomic E-state index is 12.9. The first-order valence-electron chi connectivity index (χ1n) is 9.60. The molecule has 0 spiro atoms. The predicted octanol–water partition coefficient (Wildman–Crippen LogP) is 4.74. The summed E-state index contributed by atoms with van der Waals surface area (Å²) in [5.41, 5.74) is 2.34. The van der Waals surface area contributed by atoms with Crippen LogP contribution in [0.2, 0.25) is 10.0 Å². The molecule has 3 rings (SSSR count). The van der Waals surface area contributed by atoms with Crippen molar-refractivity contribution in [1.82, 2.24) is 4.31 Å². The molecule has 1 aliphatic heterocycles. The fraction of sp³-hybridized carbons (Fsp3) is 0.381. The van der Waals surface area contributed by atoms with Gasteiger partial charge >= 0.3 is 0 Å². The number of carbonyl (C=O) groups is 1. The lowest BCUT2D eigenvalue weighted by molar-refractivity contribution is -0.120. The van der Waals surface area contributed by atoms with E-state index in [-0.39, 0.29) is 24.1 Å². The topological polar surface area (TPSA) is 66.5 Å². The molecule has 1 N–H and O–H groups in total. The Bertz CT molecular complexity index is 995. The number of benzene rings is 2. The molecule has 1 saturated heterocycles. The molecule has 5 nitrogen and oxygen atoms in total. The highest BCUT2D eigenvalue weighted by atomic mass is 35.5. The Morgan fingerprint density at radius 3 is 2.66 bits per heavy atom. The van der Waals surface area contributed by atoms with Crippen LogP contribution in [0.25, 0.3) is 0 Å². The molecule has 1 heterocycles. The third-order valence-electron chi connectivity index (χ3n) is 5.16. The second-order valence-electron chi connectivity index (χ2n) is 7.19. The normalized spacial score (nSPS) is 17.8. The molecule has 1 atom stereocenters. The molecule has 8 heteroatoms. The van der Waals surface area contributed by atoms with Crippen molar-refractivity contribution in [2.45, 2.75) is 31.9 Å². The minimum atomic E-state index is -3.60. The van der Waals surface area contributed by atoms with Crippen LogP contribution in [0.15, 0.2) is 42.5 Å². The van der Waals surface area contributed by atoms with E-state index >= 15 is 0 Å². The Hall–Kier alpha value is -1.60. The summed E-state index contributed by atoms with van der Waals surface area (Å²) in [4.78, 5) is 12.8. The van der Waals surface area contributed by atoms with Crippen LogP contribution < -0.4 is 5.32 Å². The molecule has 0 radical (unpaired) electrons. The number of anilines is 1. The molecule has 1 amide bonds. The zero-order chi connectivity index (χ0) is 21.0. The number of aryl methyl sites for hydroxylation is 1. The number of para-hydroxylation sites is 1. The molecule has 2 aromatic carbocycles. The SMILES string of the molecule is CCc1ccccc1NC(=O)[C@H]1CCCN(S(=O)(=O)Cc2ccc(Cl)cc2Cl)C1. The van der Waals surface area contributed by atoms with Gasteiger partial charge in [-0.15, -0.1) is 0 Å². The number of halogens is 2. The van der Waals surface area contributed by atoms with Crippen LogP contribution in [-0.4, -0.2) is 31.7 Å². The number of hydrogen-bond donors (Lipinski definition) is 1. The van der Waals surface area contributed by atoms with E-state index in [1.165, 1.54) is 10.4 Å². The number of carbonyl (C=O) groups excluding carboxylic acids is 1. The summed E-state index contributed by atoms with van der Waals surface area (Å²) in [5, 5.41) is 3.75. The summed E-state index contributed by atoms with van der Waals surface area (Å²) < 4.78 is 27.2. The van der Waals surface area contributed by atoms with Gasteiger partial charge in [-0.1, -0.05) is 54.4 Å². The van der Waals surface area contributed by atoms with Crippen LogP contribution in [0, 0.1) is 5.92 Å². The van der Waals surface area contributed by atoms with Gasteiger partial charge in [0.2, 0.25) is 15.9 Å². The molecular weight excluding hydrogens is 431 g/mol. The second kappa shape index (κ2) is 9.47. The van der Waals surface area contributed by atoms with Crippen molar-refractivity contribution < 1.29 is 13.2 Å². The van der Waals surface area contributed by atoms with Crippen LogP contribution in [0.3, 0.4) is 0 Å². The van der Waals surface area contributed by atoms with E-state index in [2.05, 4.69) is 5.32 Å². The summed E-state index contributed by atoms with van der Waals surface area (Å²) in [7, 11) is -3.60. The van der Waals surface area contributed by atoms with Crippen LogP contribution in [0.5, 0.6) is 0 Å². The zero-order valence-corrected chi connectivity index (χ0v) is 18.5. The van der Waals surface area contributed by atoms with Crippen LogP contribution >= 0.6 is 23.2 Å². The second-order valence-corrected chi connectivity index (χ2v) is 10.0. The average molecular weight is 455 g/mol. The minimum Gasteiger partial charge on any atom is -0.326 e. The van der Waals surface area contributed by atoms with E-state index in [0.29, 0.717) is 35.0 Å². The van der Waals surface area contributed by atoms with Gasteiger partial charge in [0.05, 0.1) is 11.7 Å². The number of nitrogens with one attached hydrogen (secondary N) is 1. The van der Waals surface area contributed by atoms with E-state index in [4.69, 9.17) is 23.2 Å². The van der Waals surface area contributed by atoms with Gasteiger partial charge in [-0.2, -0.15) is 0 Å². The monoisotopic (exact) mass is 454 g/mol. The lowest BCUT2D eigenvalue weighted by atomic mass is 9.98. The number of rotatable bonds is 6. The molecule has 0 unspecified atom stereocenters. The molecular formula is C21H24Cl2N2O3S. The van der Waals surface area contributed by atoms with E-state index in [0.717, 1.165) is 17.7 Å². The maximum atomic E-state index is 12.9. The van der Waals surface area contributed by atoms with Crippen molar-refractivity contribution in [3.8, 4) is 0 Å². The van der Waals surface area contributed by atoms with Gasteiger partial charge in [-0.05, 0) is 48.6 Å². The molecule has 1 fully saturated rings. The Morgan fingerprint density at radius 2 is 1.93 bits per heavy atom. The van der Waals surface area contributed by atoms with Gasteiger partial charge in [0.1, 0.15) is 0 Å². The average Bonchev–Trinajstić information content (AvgIpc) is 2.70. The zero-order valence-electron chi connectivity index (χ0n) is 16.2. The quantitative estimate of drug-likeness (QED) is 0.685.